The molecule has 120 valence electrons. The molecule has 0 spiro atoms. The monoisotopic (exact) mass is 302 g/mol. The number of carbonyl (C=O) groups excluding carboxylic acids is 2. The maximum Gasteiger partial charge on any atom is 0.232 e. The van der Waals surface area contributed by atoms with Gasteiger partial charge in [-0.3, -0.25) is 9.59 Å². The van der Waals surface area contributed by atoms with E-state index in [2.05, 4.69) is 6.92 Å². The van der Waals surface area contributed by atoms with Gasteiger partial charge in [-0.2, -0.15) is 0 Å². The third-order valence-corrected chi connectivity index (χ3v) is 4.33. The van der Waals surface area contributed by atoms with E-state index >= 15 is 0 Å². The number of carbonyl (C=O) groups is 2. The standard InChI is InChI=1S/C18H26N2O2/c1-4-6-11-19-13-15(12-17(19)21)18(22)20(5-2)16-10-8-7-9-14(16)3/h7-10,15H,4-6,11-13H2,1-3H3/t15-/m1/s1. The van der Waals surface area contributed by atoms with E-state index in [1.165, 1.54) is 0 Å². The van der Waals surface area contributed by atoms with Crippen LogP contribution in [0.1, 0.15) is 38.7 Å². The summed E-state index contributed by atoms with van der Waals surface area (Å²) in [7, 11) is 0. The number of para-hydroxylation sites is 1. The topological polar surface area (TPSA) is 40.6 Å². The zero-order valence-electron chi connectivity index (χ0n) is 13.8. The van der Waals surface area contributed by atoms with Crippen molar-refractivity contribution in [2.24, 2.45) is 5.92 Å². The van der Waals surface area contributed by atoms with Gasteiger partial charge in [0.15, 0.2) is 0 Å². The lowest BCUT2D eigenvalue weighted by Crippen LogP contribution is -2.38. The van der Waals surface area contributed by atoms with Crippen LogP contribution in [0.15, 0.2) is 24.3 Å². The summed E-state index contributed by atoms with van der Waals surface area (Å²) in [6.07, 6.45) is 2.42. The average molecular weight is 302 g/mol. The Morgan fingerprint density at radius 2 is 2.05 bits per heavy atom. The minimum Gasteiger partial charge on any atom is -0.342 e. The van der Waals surface area contributed by atoms with Gasteiger partial charge in [0.05, 0.1) is 5.92 Å². The van der Waals surface area contributed by atoms with Crippen LogP contribution in [0.25, 0.3) is 0 Å². The van der Waals surface area contributed by atoms with Gasteiger partial charge in [0.1, 0.15) is 0 Å². The van der Waals surface area contributed by atoms with Crippen molar-refractivity contribution in [2.75, 3.05) is 24.5 Å². The summed E-state index contributed by atoms with van der Waals surface area (Å²) in [5, 5.41) is 0. The SMILES string of the molecule is CCCCN1C[C@H](C(=O)N(CC)c2ccccc2C)CC1=O. The number of hydrogen-bond donors (Lipinski definition) is 0. The minimum atomic E-state index is -0.205. The number of likely N-dealkylation sites (tertiary alicyclic amines) is 1. The van der Waals surface area contributed by atoms with Crippen molar-refractivity contribution in [2.45, 2.75) is 40.0 Å². The number of nitrogens with zero attached hydrogens (tertiary/aromatic N) is 2. The molecule has 0 aliphatic carbocycles. The van der Waals surface area contributed by atoms with Crippen LogP contribution in [0.2, 0.25) is 0 Å². The Kier molecular flexibility index (Phi) is 5.58. The molecule has 0 N–H and O–H groups in total. The molecule has 1 saturated heterocycles. The van der Waals surface area contributed by atoms with Gasteiger partial charge in [-0.25, -0.2) is 0 Å². The first-order valence-corrected chi connectivity index (χ1v) is 8.23. The number of rotatable bonds is 6. The molecule has 1 fully saturated rings. The van der Waals surface area contributed by atoms with Gasteiger partial charge in [-0.05, 0) is 31.9 Å². The highest BCUT2D eigenvalue weighted by Gasteiger charge is 2.36. The molecule has 1 aliphatic heterocycles. The second-order valence-electron chi connectivity index (χ2n) is 5.96. The van der Waals surface area contributed by atoms with E-state index in [0.29, 0.717) is 19.5 Å². The second-order valence-corrected chi connectivity index (χ2v) is 5.96. The fourth-order valence-corrected chi connectivity index (χ4v) is 3.03. The fourth-order valence-electron chi connectivity index (χ4n) is 3.03. The normalized spacial score (nSPS) is 17.9. The van der Waals surface area contributed by atoms with Crippen molar-refractivity contribution in [1.29, 1.82) is 0 Å². The lowest BCUT2D eigenvalue weighted by molar-refractivity contribution is -0.128. The molecule has 1 aromatic carbocycles. The van der Waals surface area contributed by atoms with Gasteiger partial charge in [0.2, 0.25) is 11.8 Å². The van der Waals surface area contributed by atoms with Crippen LogP contribution < -0.4 is 4.90 Å². The fraction of sp³-hybridized carbons (Fsp3) is 0.556. The number of hydrogen-bond acceptors (Lipinski definition) is 2. The van der Waals surface area contributed by atoms with Crippen molar-refractivity contribution in [1.82, 2.24) is 4.90 Å². The average Bonchev–Trinajstić information content (AvgIpc) is 2.88. The van der Waals surface area contributed by atoms with E-state index in [1.54, 1.807) is 0 Å². The predicted molar refractivity (Wildman–Crippen MR) is 88.8 cm³/mol. The Morgan fingerprint density at radius 1 is 1.32 bits per heavy atom. The third-order valence-electron chi connectivity index (χ3n) is 4.33. The number of amides is 2. The first-order chi connectivity index (χ1) is 10.6. The smallest absolute Gasteiger partial charge is 0.232 e. The van der Waals surface area contributed by atoms with Crippen molar-refractivity contribution in [3.05, 3.63) is 29.8 Å². The summed E-state index contributed by atoms with van der Waals surface area (Å²) in [5.41, 5.74) is 2.04. The lowest BCUT2D eigenvalue weighted by atomic mass is 10.1. The molecule has 0 unspecified atom stereocenters. The molecule has 1 aliphatic rings. The Balaban J connectivity index is 2.10. The van der Waals surface area contributed by atoms with E-state index in [1.807, 2.05) is 47.9 Å². The number of benzene rings is 1. The molecule has 0 radical (unpaired) electrons. The molecule has 4 heteroatoms. The minimum absolute atomic E-state index is 0.0733. The summed E-state index contributed by atoms with van der Waals surface area (Å²) in [5.74, 6) is -0.0132. The molecule has 1 atom stereocenters. The Morgan fingerprint density at radius 3 is 2.68 bits per heavy atom. The van der Waals surface area contributed by atoms with Crippen LogP contribution >= 0.6 is 0 Å². The predicted octanol–water partition coefficient (Wildman–Crippen LogP) is 3.00. The molecule has 2 rings (SSSR count). The van der Waals surface area contributed by atoms with Gasteiger partial charge in [0, 0.05) is 31.7 Å². The Labute approximate surface area is 133 Å². The van der Waals surface area contributed by atoms with Crippen LogP contribution in [-0.2, 0) is 9.59 Å². The maximum absolute atomic E-state index is 12.8. The number of anilines is 1. The molecule has 1 heterocycles. The molecule has 0 aromatic heterocycles. The summed E-state index contributed by atoms with van der Waals surface area (Å²) < 4.78 is 0. The van der Waals surface area contributed by atoms with Gasteiger partial charge < -0.3 is 9.80 Å². The zero-order chi connectivity index (χ0) is 16.1. The summed E-state index contributed by atoms with van der Waals surface area (Å²) in [6, 6.07) is 7.91. The molecule has 22 heavy (non-hydrogen) atoms. The highest BCUT2D eigenvalue weighted by molar-refractivity contribution is 5.99. The highest BCUT2D eigenvalue weighted by Crippen LogP contribution is 2.26. The van der Waals surface area contributed by atoms with Crippen LogP contribution in [0, 0.1) is 12.8 Å². The van der Waals surface area contributed by atoms with Gasteiger partial charge in [-0.1, -0.05) is 31.5 Å². The summed E-state index contributed by atoms with van der Waals surface area (Å²) in [6.45, 7) is 8.08. The van der Waals surface area contributed by atoms with E-state index in [-0.39, 0.29) is 17.7 Å². The first-order valence-electron chi connectivity index (χ1n) is 8.23. The van der Waals surface area contributed by atoms with Gasteiger partial charge in [0.25, 0.3) is 0 Å². The summed E-state index contributed by atoms with van der Waals surface area (Å²) >= 11 is 0. The van der Waals surface area contributed by atoms with E-state index in [9.17, 15) is 9.59 Å². The largest absolute Gasteiger partial charge is 0.342 e. The molecule has 2 amide bonds. The second kappa shape index (κ2) is 7.43. The Bertz CT molecular complexity index is 542. The first kappa shape index (κ1) is 16.5. The van der Waals surface area contributed by atoms with Crippen LogP contribution in [-0.4, -0.2) is 36.3 Å². The van der Waals surface area contributed by atoms with Crippen molar-refractivity contribution >= 4 is 17.5 Å². The molecule has 0 bridgehead atoms. The Hall–Kier alpha value is -1.84. The van der Waals surface area contributed by atoms with Crippen molar-refractivity contribution in [3.8, 4) is 0 Å². The quantitative estimate of drug-likeness (QED) is 0.810. The lowest BCUT2D eigenvalue weighted by Gasteiger charge is -2.26. The molecule has 1 aromatic rings. The van der Waals surface area contributed by atoms with Gasteiger partial charge >= 0.3 is 0 Å². The molecule has 0 saturated carbocycles. The van der Waals surface area contributed by atoms with Gasteiger partial charge in [-0.15, -0.1) is 0 Å². The number of aryl methyl sites for hydroxylation is 1. The van der Waals surface area contributed by atoms with Crippen LogP contribution in [0.3, 0.4) is 0 Å². The van der Waals surface area contributed by atoms with E-state index in [4.69, 9.17) is 0 Å². The van der Waals surface area contributed by atoms with Crippen molar-refractivity contribution < 1.29 is 9.59 Å². The molecule has 4 nitrogen and oxygen atoms in total. The van der Waals surface area contributed by atoms with Crippen LogP contribution in [0.4, 0.5) is 5.69 Å². The number of unbranched alkanes of at least 4 members (excludes halogenated alkanes) is 1. The van der Waals surface area contributed by atoms with Crippen LogP contribution in [0.5, 0.6) is 0 Å². The van der Waals surface area contributed by atoms with E-state index in [0.717, 1.165) is 30.6 Å². The van der Waals surface area contributed by atoms with Crippen molar-refractivity contribution in [3.63, 3.8) is 0 Å². The molecular formula is C18H26N2O2. The van der Waals surface area contributed by atoms with E-state index < -0.39 is 0 Å². The maximum atomic E-state index is 12.8. The summed E-state index contributed by atoms with van der Waals surface area (Å²) in [4.78, 5) is 28.6. The third kappa shape index (κ3) is 3.49. The zero-order valence-corrected chi connectivity index (χ0v) is 13.8. The molecular weight excluding hydrogens is 276 g/mol. The highest BCUT2D eigenvalue weighted by atomic mass is 16.2.